The summed E-state index contributed by atoms with van der Waals surface area (Å²) < 4.78 is 2.34. The number of hydrogen-bond donors (Lipinski definition) is 2. The zero-order valence-electron chi connectivity index (χ0n) is 9.06. The Hall–Kier alpha value is 0.580. The van der Waals surface area contributed by atoms with Crippen LogP contribution in [0.2, 0.25) is 0 Å². The van der Waals surface area contributed by atoms with Gasteiger partial charge in [0.15, 0.2) is 0 Å². The lowest BCUT2D eigenvalue weighted by Gasteiger charge is -2.03. The third-order valence-electron chi connectivity index (χ3n) is 2.54. The Labute approximate surface area is 117 Å². The number of hydrogen-bond acceptors (Lipinski definition) is 3. The standard InChI is InChI=1S/C11H16Br2N2S/c12-10-6-9(16-11(10)13)7-14-4-1-5-15-8-2-3-8/h6,8,14-15H,1-5,7H2. The Kier molecular flexibility index (Phi) is 5.29. The molecule has 0 bridgehead atoms. The molecule has 2 rings (SSSR count). The fourth-order valence-corrected chi connectivity index (χ4v) is 3.64. The number of thiophene rings is 1. The molecule has 2 nitrogen and oxygen atoms in total. The van der Waals surface area contributed by atoms with Gasteiger partial charge >= 0.3 is 0 Å². The van der Waals surface area contributed by atoms with E-state index in [1.54, 1.807) is 11.3 Å². The molecule has 5 heteroatoms. The van der Waals surface area contributed by atoms with Crippen LogP contribution in [0, 0.1) is 0 Å². The van der Waals surface area contributed by atoms with Gasteiger partial charge in [-0.15, -0.1) is 11.3 Å². The monoisotopic (exact) mass is 366 g/mol. The highest BCUT2D eigenvalue weighted by atomic mass is 79.9. The molecule has 0 saturated heterocycles. The van der Waals surface area contributed by atoms with Crippen LogP contribution in [-0.4, -0.2) is 19.1 Å². The molecule has 1 aliphatic rings. The molecule has 0 radical (unpaired) electrons. The Morgan fingerprint density at radius 1 is 1.31 bits per heavy atom. The van der Waals surface area contributed by atoms with Gasteiger partial charge in [0.05, 0.1) is 3.79 Å². The molecule has 1 aromatic rings. The van der Waals surface area contributed by atoms with Crippen molar-refractivity contribution in [3.05, 3.63) is 19.2 Å². The van der Waals surface area contributed by atoms with Crippen molar-refractivity contribution < 1.29 is 0 Å². The van der Waals surface area contributed by atoms with Crippen LogP contribution in [0.1, 0.15) is 24.1 Å². The highest BCUT2D eigenvalue weighted by Crippen LogP contribution is 2.32. The Bertz CT molecular complexity index is 317. The second-order valence-electron chi connectivity index (χ2n) is 4.09. The van der Waals surface area contributed by atoms with Crippen LogP contribution in [0.25, 0.3) is 0 Å². The molecule has 1 aromatic heterocycles. The summed E-state index contributed by atoms with van der Waals surface area (Å²) in [6.07, 6.45) is 3.97. The summed E-state index contributed by atoms with van der Waals surface area (Å²) in [7, 11) is 0. The molecule has 16 heavy (non-hydrogen) atoms. The van der Waals surface area contributed by atoms with E-state index in [1.807, 2.05) is 0 Å². The van der Waals surface area contributed by atoms with Crippen molar-refractivity contribution in [1.82, 2.24) is 10.6 Å². The topological polar surface area (TPSA) is 24.1 Å². The molecule has 1 fully saturated rings. The fourth-order valence-electron chi connectivity index (χ4n) is 1.50. The van der Waals surface area contributed by atoms with E-state index in [-0.39, 0.29) is 0 Å². The normalized spacial score (nSPS) is 15.6. The van der Waals surface area contributed by atoms with Gasteiger partial charge in [-0.3, -0.25) is 0 Å². The minimum Gasteiger partial charge on any atom is -0.314 e. The summed E-state index contributed by atoms with van der Waals surface area (Å²) in [6.45, 7) is 3.21. The lowest BCUT2D eigenvalue weighted by molar-refractivity contribution is 0.595. The quantitative estimate of drug-likeness (QED) is 0.720. The second kappa shape index (κ2) is 6.50. The predicted octanol–water partition coefficient (Wildman–Crippen LogP) is 3.50. The van der Waals surface area contributed by atoms with Gasteiger partial charge in [-0.1, -0.05) is 0 Å². The fraction of sp³-hybridized carbons (Fsp3) is 0.636. The molecule has 2 N–H and O–H groups in total. The maximum Gasteiger partial charge on any atom is 0.0843 e. The summed E-state index contributed by atoms with van der Waals surface area (Å²) in [5, 5.41) is 6.98. The molecule has 1 aliphatic carbocycles. The molecule has 0 unspecified atom stereocenters. The molecule has 0 spiro atoms. The van der Waals surface area contributed by atoms with E-state index in [2.05, 4.69) is 48.6 Å². The number of nitrogens with one attached hydrogen (secondary N) is 2. The van der Waals surface area contributed by atoms with Crippen LogP contribution < -0.4 is 10.6 Å². The van der Waals surface area contributed by atoms with Crippen molar-refractivity contribution in [1.29, 1.82) is 0 Å². The van der Waals surface area contributed by atoms with Crippen LogP contribution in [0.3, 0.4) is 0 Å². The van der Waals surface area contributed by atoms with E-state index in [4.69, 9.17) is 0 Å². The maximum absolute atomic E-state index is 3.52. The number of rotatable bonds is 7. The second-order valence-corrected chi connectivity index (χ2v) is 7.40. The van der Waals surface area contributed by atoms with Gasteiger partial charge in [0.2, 0.25) is 0 Å². The lowest BCUT2D eigenvalue weighted by atomic mass is 10.4. The molecule has 0 aliphatic heterocycles. The van der Waals surface area contributed by atoms with Crippen LogP contribution in [0.4, 0.5) is 0 Å². The van der Waals surface area contributed by atoms with E-state index in [0.29, 0.717) is 0 Å². The van der Waals surface area contributed by atoms with Crippen molar-refractivity contribution in [2.75, 3.05) is 13.1 Å². The van der Waals surface area contributed by atoms with Gasteiger partial charge in [0, 0.05) is 21.9 Å². The van der Waals surface area contributed by atoms with Crippen molar-refractivity contribution in [3.63, 3.8) is 0 Å². The first-order valence-electron chi connectivity index (χ1n) is 5.63. The zero-order chi connectivity index (χ0) is 11.4. The Morgan fingerprint density at radius 2 is 2.12 bits per heavy atom. The summed E-state index contributed by atoms with van der Waals surface area (Å²) in [5.41, 5.74) is 0. The maximum atomic E-state index is 3.52. The summed E-state index contributed by atoms with van der Waals surface area (Å²) in [4.78, 5) is 1.37. The Balaban J connectivity index is 1.53. The van der Waals surface area contributed by atoms with Gasteiger partial charge < -0.3 is 10.6 Å². The SMILES string of the molecule is Brc1cc(CNCCCNC2CC2)sc1Br. The molecule has 1 heterocycles. The van der Waals surface area contributed by atoms with Gasteiger partial charge in [-0.05, 0) is 70.3 Å². The summed E-state index contributed by atoms with van der Waals surface area (Å²) >= 11 is 8.79. The van der Waals surface area contributed by atoms with Crippen LogP contribution in [0.15, 0.2) is 14.3 Å². The minimum atomic E-state index is 0.837. The number of halogens is 2. The molecular formula is C11H16Br2N2S. The smallest absolute Gasteiger partial charge is 0.0843 e. The van der Waals surface area contributed by atoms with E-state index in [9.17, 15) is 0 Å². The van der Waals surface area contributed by atoms with E-state index < -0.39 is 0 Å². The van der Waals surface area contributed by atoms with Gasteiger partial charge in [-0.2, -0.15) is 0 Å². The third-order valence-corrected chi connectivity index (χ3v) is 5.79. The van der Waals surface area contributed by atoms with E-state index in [1.165, 1.54) is 27.9 Å². The first-order chi connectivity index (χ1) is 7.75. The zero-order valence-corrected chi connectivity index (χ0v) is 13.1. The van der Waals surface area contributed by atoms with E-state index >= 15 is 0 Å². The van der Waals surface area contributed by atoms with Gasteiger partial charge in [0.25, 0.3) is 0 Å². The predicted molar refractivity (Wildman–Crippen MR) is 77.1 cm³/mol. The molecule has 1 saturated carbocycles. The summed E-state index contributed by atoms with van der Waals surface area (Å²) in [5.74, 6) is 0. The van der Waals surface area contributed by atoms with Crippen LogP contribution >= 0.6 is 43.2 Å². The molecule has 90 valence electrons. The van der Waals surface area contributed by atoms with Crippen molar-refractivity contribution in [2.24, 2.45) is 0 Å². The average Bonchev–Trinajstić information content (AvgIpc) is 3.01. The van der Waals surface area contributed by atoms with Gasteiger partial charge in [0.1, 0.15) is 0 Å². The highest BCUT2D eigenvalue weighted by molar-refractivity contribution is 9.13. The molecular weight excluding hydrogens is 352 g/mol. The largest absolute Gasteiger partial charge is 0.314 e. The molecule has 0 amide bonds. The van der Waals surface area contributed by atoms with Crippen LogP contribution in [0.5, 0.6) is 0 Å². The van der Waals surface area contributed by atoms with Gasteiger partial charge in [-0.25, -0.2) is 0 Å². The minimum absolute atomic E-state index is 0.837. The van der Waals surface area contributed by atoms with Crippen molar-refractivity contribution in [2.45, 2.75) is 31.8 Å². The third kappa shape index (κ3) is 4.45. The lowest BCUT2D eigenvalue weighted by Crippen LogP contribution is -2.22. The van der Waals surface area contributed by atoms with Crippen molar-refractivity contribution in [3.8, 4) is 0 Å². The summed E-state index contributed by atoms with van der Waals surface area (Å²) in [6, 6.07) is 3.01. The van der Waals surface area contributed by atoms with Crippen molar-refractivity contribution >= 4 is 43.2 Å². The molecule has 0 atom stereocenters. The highest BCUT2D eigenvalue weighted by Gasteiger charge is 2.19. The van der Waals surface area contributed by atoms with Crippen LogP contribution in [-0.2, 0) is 6.54 Å². The first kappa shape index (κ1) is 13.0. The van der Waals surface area contributed by atoms with E-state index in [0.717, 1.165) is 30.1 Å². The Morgan fingerprint density at radius 3 is 2.75 bits per heavy atom. The average molecular weight is 368 g/mol. The first-order valence-corrected chi connectivity index (χ1v) is 8.04. The molecule has 0 aromatic carbocycles.